The molecule has 0 N–H and O–H groups in total. The third-order valence-electron chi connectivity index (χ3n) is 4.74. The fraction of sp³-hybridized carbons (Fsp3) is 0.292. The van der Waals surface area contributed by atoms with E-state index < -0.39 is 10.1 Å². The van der Waals surface area contributed by atoms with Crippen molar-refractivity contribution in [3.63, 3.8) is 0 Å². The van der Waals surface area contributed by atoms with Crippen LogP contribution in [0.4, 0.5) is 0 Å². The first-order chi connectivity index (χ1) is 14.3. The molecule has 0 aliphatic rings. The van der Waals surface area contributed by atoms with Crippen LogP contribution in [-0.4, -0.2) is 31.5 Å². The van der Waals surface area contributed by atoms with Crippen molar-refractivity contribution in [3.8, 4) is 5.75 Å². The molecule has 0 radical (unpaired) electrons. The Labute approximate surface area is 178 Å². The molecule has 0 aliphatic heterocycles. The lowest BCUT2D eigenvalue weighted by atomic mass is 10.1. The highest BCUT2D eigenvalue weighted by Crippen LogP contribution is 2.20. The molecule has 0 fully saturated rings. The summed E-state index contributed by atoms with van der Waals surface area (Å²) in [7, 11) is -3.56. The molecule has 0 aliphatic carbocycles. The predicted molar refractivity (Wildman–Crippen MR) is 120 cm³/mol. The molecule has 0 aromatic heterocycles. The Hall–Kier alpha value is -2.86. The van der Waals surface area contributed by atoms with Crippen molar-refractivity contribution in [2.75, 3.05) is 12.3 Å². The SMILES string of the molecule is CCS(=O)(=O)Oc1ccc(CN(CC(C)C)C(=O)c2ccc3ccccc3c2)cc1. The second-order valence-corrected chi connectivity index (χ2v) is 9.57. The molecule has 5 nitrogen and oxygen atoms in total. The second-order valence-electron chi connectivity index (χ2n) is 7.72. The quantitative estimate of drug-likeness (QED) is 0.483. The number of carbonyl (C=O) groups excluding carboxylic acids is 1. The van der Waals surface area contributed by atoms with Gasteiger partial charge in [0.1, 0.15) is 5.75 Å². The van der Waals surface area contributed by atoms with Crippen LogP contribution in [0.5, 0.6) is 5.75 Å². The van der Waals surface area contributed by atoms with E-state index in [0.717, 1.165) is 16.3 Å². The molecule has 0 bridgehead atoms. The van der Waals surface area contributed by atoms with Crippen molar-refractivity contribution in [3.05, 3.63) is 77.9 Å². The molecule has 1 amide bonds. The highest BCUT2D eigenvalue weighted by atomic mass is 32.2. The normalized spacial score (nSPS) is 11.6. The molecule has 0 atom stereocenters. The first kappa shape index (κ1) is 21.8. The lowest BCUT2D eigenvalue weighted by molar-refractivity contribution is 0.0723. The first-order valence-electron chi connectivity index (χ1n) is 10.1. The fourth-order valence-electron chi connectivity index (χ4n) is 3.24. The Morgan fingerprint density at radius 2 is 1.63 bits per heavy atom. The maximum Gasteiger partial charge on any atom is 0.308 e. The van der Waals surface area contributed by atoms with Gasteiger partial charge in [-0.1, -0.05) is 56.3 Å². The first-order valence-corrected chi connectivity index (χ1v) is 11.6. The smallest absolute Gasteiger partial charge is 0.308 e. The minimum atomic E-state index is -3.56. The zero-order valence-electron chi connectivity index (χ0n) is 17.5. The molecular formula is C24H27NO4S. The molecule has 0 heterocycles. The predicted octanol–water partition coefficient (Wildman–Crippen LogP) is 4.87. The van der Waals surface area contributed by atoms with Gasteiger partial charge in [-0.15, -0.1) is 0 Å². The van der Waals surface area contributed by atoms with Crippen LogP contribution in [0.2, 0.25) is 0 Å². The van der Waals surface area contributed by atoms with Crippen LogP contribution in [0, 0.1) is 5.92 Å². The summed E-state index contributed by atoms with van der Waals surface area (Å²) in [6, 6.07) is 20.6. The molecule has 158 valence electrons. The van der Waals surface area contributed by atoms with Crippen LogP contribution in [-0.2, 0) is 16.7 Å². The summed E-state index contributed by atoms with van der Waals surface area (Å²) < 4.78 is 28.3. The van der Waals surface area contributed by atoms with E-state index in [2.05, 4.69) is 13.8 Å². The Balaban J connectivity index is 1.80. The number of hydrogen-bond donors (Lipinski definition) is 0. The van der Waals surface area contributed by atoms with Crippen LogP contribution in [0.1, 0.15) is 36.7 Å². The molecule has 0 saturated heterocycles. The highest BCUT2D eigenvalue weighted by molar-refractivity contribution is 7.87. The van der Waals surface area contributed by atoms with Gasteiger partial charge >= 0.3 is 10.1 Å². The van der Waals surface area contributed by atoms with Gasteiger partial charge in [-0.05, 0) is 53.4 Å². The molecule has 6 heteroatoms. The van der Waals surface area contributed by atoms with E-state index in [9.17, 15) is 13.2 Å². The van der Waals surface area contributed by atoms with E-state index >= 15 is 0 Å². The summed E-state index contributed by atoms with van der Waals surface area (Å²) in [4.78, 5) is 15.1. The van der Waals surface area contributed by atoms with Crippen LogP contribution in [0.15, 0.2) is 66.7 Å². The molecule has 0 spiro atoms. The van der Waals surface area contributed by atoms with Gasteiger partial charge in [0.05, 0.1) is 5.75 Å². The van der Waals surface area contributed by atoms with E-state index in [1.54, 1.807) is 24.3 Å². The Morgan fingerprint density at radius 1 is 0.967 bits per heavy atom. The fourth-order valence-corrected chi connectivity index (χ4v) is 3.76. The number of hydrogen-bond acceptors (Lipinski definition) is 4. The lowest BCUT2D eigenvalue weighted by Gasteiger charge is -2.25. The molecule has 3 aromatic carbocycles. The highest BCUT2D eigenvalue weighted by Gasteiger charge is 2.18. The minimum absolute atomic E-state index is 0.0247. The van der Waals surface area contributed by atoms with Crippen LogP contribution < -0.4 is 4.18 Å². The van der Waals surface area contributed by atoms with E-state index in [1.807, 2.05) is 47.4 Å². The summed E-state index contributed by atoms with van der Waals surface area (Å²) >= 11 is 0. The summed E-state index contributed by atoms with van der Waals surface area (Å²) in [5.41, 5.74) is 1.56. The van der Waals surface area contributed by atoms with E-state index in [4.69, 9.17) is 4.18 Å². The van der Waals surface area contributed by atoms with Gasteiger partial charge in [0.25, 0.3) is 5.91 Å². The van der Waals surface area contributed by atoms with Crippen LogP contribution in [0.3, 0.4) is 0 Å². The standard InChI is InChI=1S/C24H27NO4S/c1-4-30(27,28)29-23-13-9-19(10-14-23)17-25(16-18(2)3)24(26)22-12-11-20-7-5-6-8-21(20)15-22/h5-15,18H,4,16-17H2,1-3H3. The Morgan fingerprint density at radius 3 is 2.27 bits per heavy atom. The van der Waals surface area contributed by atoms with Crippen molar-refractivity contribution < 1.29 is 17.4 Å². The molecule has 0 saturated carbocycles. The van der Waals surface area contributed by atoms with Gasteiger partial charge in [-0.3, -0.25) is 4.79 Å². The summed E-state index contributed by atoms with van der Waals surface area (Å²) in [5, 5.41) is 2.13. The largest absolute Gasteiger partial charge is 0.382 e. The zero-order chi connectivity index (χ0) is 21.7. The topological polar surface area (TPSA) is 63.7 Å². The summed E-state index contributed by atoms with van der Waals surface area (Å²) in [6.45, 7) is 6.74. The minimum Gasteiger partial charge on any atom is -0.382 e. The monoisotopic (exact) mass is 425 g/mol. The number of rotatable bonds is 8. The number of carbonyl (C=O) groups is 1. The zero-order valence-corrected chi connectivity index (χ0v) is 18.4. The van der Waals surface area contributed by atoms with E-state index in [0.29, 0.717) is 24.6 Å². The number of benzene rings is 3. The van der Waals surface area contributed by atoms with Crippen LogP contribution in [0.25, 0.3) is 10.8 Å². The number of fused-ring (bicyclic) bond motifs is 1. The van der Waals surface area contributed by atoms with E-state index in [1.165, 1.54) is 6.92 Å². The Kier molecular flexibility index (Phi) is 6.77. The summed E-state index contributed by atoms with van der Waals surface area (Å²) in [6.07, 6.45) is 0. The van der Waals surface area contributed by atoms with Gasteiger partial charge in [0.15, 0.2) is 0 Å². The van der Waals surface area contributed by atoms with E-state index in [-0.39, 0.29) is 17.4 Å². The third-order valence-corrected chi connectivity index (χ3v) is 5.90. The van der Waals surface area contributed by atoms with Gasteiger partial charge in [0.2, 0.25) is 0 Å². The molecule has 30 heavy (non-hydrogen) atoms. The Bertz CT molecular complexity index is 1120. The molecule has 0 unspecified atom stereocenters. The third kappa shape index (κ3) is 5.60. The average molecular weight is 426 g/mol. The lowest BCUT2D eigenvalue weighted by Crippen LogP contribution is -2.33. The van der Waals surface area contributed by atoms with Crippen molar-refractivity contribution in [2.24, 2.45) is 5.92 Å². The van der Waals surface area contributed by atoms with Crippen molar-refractivity contribution in [2.45, 2.75) is 27.3 Å². The molecule has 3 rings (SSSR count). The van der Waals surface area contributed by atoms with Crippen molar-refractivity contribution in [1.29, 1.82) is 0 Å². The molecule has 3 aromatic rings. The van der Waals surface area contributed by atoms with Gasteiger partial charge in [0, 0.05) is 18.7 Å². The maximum atomic E-state index is 13.2. The molecular weight excluding hydrogens is 398 g/mol. The van der Waals surface area contributed by atoms with Gasteiger partial charge in [-0.25, -0.2) is 0 Å². The van der Waals surface area contributed by atoms with Crippen molar-refractivity contribution >= 4 is 26.8 Å². The number of nitrogens with zero attached hydrogens (tertiary/aromatic N) is 1. The maximum absolute atomic E-state index is 13.2. The van der Waals surface area contributed by atoms with Gasteiger partial charge in [-0.2, -0.15) is 8.42 Å². The van der Waals surface area contributed by atoms with Crippen molar-refractivity contribution in [1.82, 2.24) is 4.90 Å². The summed E-state index contributed by atoms with van der Waals surface area (Å²) in [5.74, 6) is 0.476. The number of amides is 1. The van der Waals surface area contributed by atoms with Gasteiger partial charge < -0.3 is 9.08 Å². The second kappa shape index (κ2) is 9.30. The van der Waals surface area contributed by atoms with Crippen LogP contribution >= 0.6 is 0 Å². The average Bonchev–Trinajstić information content (AvgIpc) is 2.73.